The zero-order valence-corrected chi connectivity index (χ0v) is 20.1. The molecule has 1 unspecified atom stereocenters. The fourth-order valence-electron chi connectivity index (χ4n) is 4.82. The number of fused-ring (bicyclic) bond motifs is 1. The number of halogens is 1. The number of nitrogens with zero attached hydrogens (tertiary/aromatic N) is 6. The van der Waals surface area contributed by atoms with Crippen molar-refractivity contribution in [2.24, 2.45) is 0 Å². The molecule has 3 aromatic rings. The quantitative estimate of drug-likeness (QED) is 0.550. The average Bonchev–Trinajstić information content (AvgIpc) is 3.48. The van der Waals surface area contributed by atoms with Crippen molar-refractivity contribution in [3.8, 4) is 12.3 Å². The van der Waals surface area contributed by atoms with E-state index in [0.29, 0.717) is 24.5 Å². The van der Waals surface area contributed by atoms with Crippen molar-refractivity contribution in [2.45, 2.75) is 42.5 Å². The number of likely N-dealkylation sites (tertiary alicyclic amines) is 1. The highest BCUT2D eigenvalue weighted by molar-refractivity contribution is 7.99. The Balaban J connectivity index is 1.41. The summed E-state index contributed by atoms with van der Waals surface area (Å²) in [4.78, 5) is 17.7. The van der Waals surface area contributed by atoms with E-state index in [1.165, 1.54) is 24.0 Å². The smallest absolute Gasteiger partial charge is 0.248 e. The van der Waals surface area contributed by atoms with Crippen molar-refractivity contribution in [1.29, 1.82) is 0 Å². The van der Waals surface area contributed by atoms with Crippen molar-refractivity contribution in [1.82, 2.24) is 29.4 Å². The minimum atomic E-state index is -0.451. The lowest BCUT2D eigenvalue weighted by Gasteiger charge is -2.32. The number of allylic oxidation sites excluding steroid dienone is 1. The third kappa shape index (κ3) is 4.49. The molecule has 2 aliphatic heterocycles. The number of hydrogen-bond donors (Lipinski definition) is 1. The van der Waals surface area contributed by atoms with Gasteiger partial charge in [0.05, 0.1) is 46.2 Å². The molecule has 0 radical (unpaired) electrons. The largest absolute Gasteiger partial charge is 0.387 e. The summed E-state index contributed by atoms with van der Waals surface area (Å²) >= 11 is 1.53. The van der Waals surface area contributed by atoms with Gasteiger partial charge in [-0.05, 0) is 43.9 Å². The van der Waals surface area contributed by atoms with Crippen molar-refractivity contribution >= 4 is 29.4 Å². The molecule has 5 rings (SSSR count). The van der Waals surface area contributed by atoms with Crippen LogP contribution in [-0.4, -0.2) is 60.2 Å². The molecule has 0 bridgehead atoms. The Morgan fingerprint density at radius 2 is 2.06 bits per heavy atom. The van der Waals surface area contributed by atoms with Gasteiger partial charge in [0.1, 0.15) is 12.4 Å². The van der Waals surface area contributed by atoms with Crippen LogP contribution in [0.25, 0.3) is 11.8 Å². The van der Waals surface area contributed by atoms with Gasteiger partial charge in [0.2, 0.25) is 5.91 Å². The van der Waals surface area contributed by atoms with Crippen LogP contribution >= 0.6 is 11.8 Å². The highest BCUT2D eigenvalue weighted by Crippen LogP contribution is 2.45. The van der Waals surface area contributed by atoms with Gasteiger partial charge < -0.3 is 10.0 Å². The minimum Gasteiger partial charge on any atom is -0.387 e. The molecule has 3 aromatic heterocycles. The van der Waals surface area contributed by atoms with Gasteiger partial charge in [0.15, 0.2) is 0 Å². The normalized spacial score (nSPS) is 18.2. The van der Waals surface area contributed by atoms with Crippen molar-refractivity contribution in [2.75, 3.05) is 19.7 Å². The number of hydrogen-bond acceptors (Lipinski definition) is 6. The first-order valence-electron chi connectivity index (χ1n) is 11.4. The number of piperidine rings is 1. The monoisotopic (exact) mass is 492 g/mol. The first-order chi connectivity index (χ1) is 17.0. The van der Waals surface area contributed by atoms with Crippen LogP contribution in [0.3, 0.4) is 0 Å². The number of amides is 1. The molecule has 35 heavy (non-hydrogen) atoms. The summed E-state index contributed by atoms with van der Waals surface area (Å²) in [5.74, 6) is 2.12. The summed E-state index contributed by atoms with van der Waals surface area (Å²) in [6.07, 6.45) is 14.8. The predicted octanol–water partition coefficient (Wildman–Crippen LogP) is 3.29. The highest BCUT2D eigenvalue weighted by atomic mass is 32.2. The Labute approximate surface area is 206 Å². The predicted molar refractivity (Wildman–Crippen MR) is 131 cm³/mol. The lowest BCUT2D eigenvalue weighted by molar-refractivity contribution is -0.135. The third-order valence-electron chi connectivity index (χ3n) is 6.63. The molecule has 10 heteroatoms. The lowest BCUT2D eigenvalue weighted by Crippen LogP contribution is -2.40. The summed E-state index contributed by atoms with van der Waals surface area (Å²) in [6.45, 7) is 2.82. The van der Waals surface area contributed by atoms with Gasteiger partial charge in [0, 0.05) is 30.5 Å². The van der Waals surface area contributed by atoms with E-state index in [9.17, 15) is 9.18 Å². The van der Waals surface area contributed by atoms with Crippen LogP contribution in [0.5, 0.6) is 0 Å². The van der Waals surface area contributed by atoms with Crippen molar-refractivity contribution in [3.63, 3.8) is 0 Å². The van der Waals surface area contributed by atoms with Gasteiger partial charge in [-0.1, -0.05) is 17.7 Å². The second-order valence-electron chi connectivity index (χ2n) is 8.67. The van der Waals surface area contributed by atoms with Crippen LogP contribution in [-0.2, 0) is 4.79 Å². The summed E-state index contributed by atoms with van der Waals surface area (Å²) in [5, 5.41) is 19.0. The SMILES string of the molecule is C#Cc1cnn2c1C(Sc1ccc(F)cn1)CC(c1cnn(C3CCN(C(=O)CO)CC3)c1C)=C2. The van der Waals surface area contributed by atoms with Gasteiger partial charge in [0.25, 0.3) is 0 Å². The van der Waals surface area contributed by atoms with E-state index in [1.54, 1.807) is 17.2 Å². The Morgan fingerprint density at radius 1 is 1.26 bits per heavy atom. The first kappa shape index (κ1) is 23.3. The molecule has 0 aliphatic carbocycles. The summed E-state index contributed by atoms with van der Waals surface area (Å²) < 4.78 is 17.2. The zero-order chi connectivity index (χ0) is 24.5. The molecule has 1 fully saturated rings. The molecular formula is C25H25FN6O2S. The number of thioether (sulfide) groups is 1. The molecule has 180 valence electrons. The van der Waals surface area contributed by atoms with Crippen LogP contribution in [0.2, 0.25) is 0 Å². The number of aliphatic hydroxyl groups is 1. The average molecular weight is 493 g/mol. The van der Waals surface area contributed by atoms with E-state index >= 15 is 0 Å². The molecule has 0 aromatic carbocycles. The van der Waals surface area contributed by atoms with E-state index in [-0.39, 0.29) is 23.0 Å². The van der Waals surface area contributed by atoms with Gasteiger partial charge in [-0.15, -0.1) is 6.42 Å². The molecule has 5 heterocycles. The third-order valence-corrected chi connectivity index (χ3v) is 7.79. The minimum absolute atomic E-state index is 0.0444. The standard InChI is InChI=1S/C25H25FN6O2S/c1-3-17-11-28-31-14-18(10-22(25(17)31)35-23-5-4-19(26)12-27-23)21-13-29-32(16(21)2)20-6-8-30(9-7-20)24(34)15-33/h1,4-5,11-14,20,22,33H,6-10,15H2,2H3. The number of terminal acetylenes is 1. The molecule has 0 spiro atoms. The van der Waals surface area contributed by atoms with E-state index in [0.717, 1.165) is 40.9 Å². The van der Waals surface area contributed by atoms with E-state index < -0.39 is 6.61 Å². The molecule has 1 atom stereocenters. The Kier molecular flexibility index (Phi) is 6.45. The fraction of sp³-hybridized carbons (Fsp3) is 0.360. The molecule has 0 saturated carbocycles. The summed E-state index contributed by atoms with van der Waals surface area (Å²) in [5.41, 5.74) is 4.84. The van der Waals surface area contributed by atoms with Gasteiger partial charge in [-0.3, -0.25) is 9.48 Å². The summed E-state index contributed by atoms with van der Waals surface area (Å²) in [6, 6.07) is 3.27. The second-order valence-corrected chi connectivity index (χ2v) is 9.89. The van der Waals surface area contributed by atoms with Crippen LogP contribution < -0.4 is 0 Å². The number of carbonyl (C=O) groups is 1. The highest BCUT2D eigenvalue weighted by Gasteiger charge is 2.30. The second kappa shape index (κ2) is 9.68. The van der Waals surface area contributed by atoms with E-state index in [4.69, 9.17) is 16.6 Å². The van der Waals surface area contributed by atoms with Crippen molar-refractivity contribution < 1.29 is 14.3 Å². The molecule has 2 aliphatic rings. The number of carbonyl (C=O) groups excluding carboxylic acids is 1. The topological polar surface area (TPSA) is 89.1 Å². The Hall–Kier alpha value is -3.42. The van der Waals surface area contributed by atoms with Crippen LogP contribution in [0, 0.1) is 25.1 Å². The number of rotatable bonds is 5. The molecule has 1 N–H and O–H groups in total. The van der Waals surface area contributed by atoms with Gasteiger partial charge in [-0.2, -0.15) is 10.2 Å². The Morgan fingerprint density at radius 3 is 2.74 bits per heavy atom. The lowest BCUT2D eigenvalue weighted by atomic mass is 9.97. The first-order valence-corrected chi connectivity index (χ1v) is 12.3. The van der Waals surface area contributed by atoms with E-state index in [1.807, 2.05) is 21.8 Å². The number of pyridine rings is 1. The number of aromatic nitrogens is 5. The maximum absolute atomic E-state index is 13.4. The van der Waals surface area contributed by atoms with Crippen molar-refractivity contribution in [3.05, 3.63) is 59.1 Å². The molecule has 1 amide bonds. The van der Waals surface area contributed by atoms with Gasteiger partial charge >= 0.3 is 0 Å². The maximum Gasteiger partial charge on any atom is 0.248 e. The number of aliphatic hydroxyl groups excluding tert-OH is 1. The molecular weight excluding hydrogens is 467 g/mol. The Bertz CT molecular complexity index is 1310. The van der Waals surface area contributed by atoms with Gasteiger partial charge in [-0.25, -0.2) is 14.1 Å². The zero-order valence-electron chi connectivity index (χ0n) is 19.3. The summed E-state index contributed by atoms with van der Waals surface area (Å²) in [7, 11) is 0. The maximum atomic E-state index is 13.4. The van der Waals surface area contributed by atoms with Crippen LogP contribution in [0.4, 0.5) is 4.39 Å². The van der Waals surface area contributed by atoms with E-state index in [2.05, 4.69) is 22.9 Å². The van der Waals surface area contributed by atoms with Crippen LogP contribution in [0.1, 0.15) is 53.1 Å². The molecule has 1 saturated heterocycles. The fourth-order valence-corrected chi connectivity index (χ4v) is 5.99. The molecule has 8 nitrogen and oxygen atoms in total. The van der Waals surface area contributed by atoms with Crippen LogP contribution in [0.15, 0.2) is 35.7 Å².